The standard InChI is InChI=1S/C7H8F2S/c1-5-3-4-6(10-5)7(2,8)9/h3-4H,1-2H3. The molecule has 0 aliphatic heterocycles. The highest BCUT2D eigenvalue weighted by molar-refractivity contribution is 7.12. The molecule has 0 saturated heterocycles. The van der Waals surface area contributed by atoms with Crippen LogP contribution in [0, 0.1) is 6.92 Å². The minimum Gasteiger partial charge on any atom is -0.201 e. The lowest BCUT2D eigenvalue weighted by molar-refractivity contribution is 0.0215. The highest BCUT2D eigenvalue weighted by Crippen LogP contribution is 2.32. The molecular weight excluding hydrogens is 154 g/mol. The summed E-state index contributed by atoms with van der Waals surface area (Å²) in [5.41, 5.74) is 0. The number of rotatable bonds is 1. The fourth-order valence-corrected chi connectivity index (χ4v) is 1.47. The summed E-state index contributed by atoms with van der Waals surface area (Å²) in [5.74, 6) is -2.67. The third-order valence-electron chi connectivity index (χ3n) is 1.17. The molecule has 0 atom stereocenters. The second-order valence-electron chi connectivity index (χ2n) is 2.30. The van der Waals surface area contributed by atoms with Crippen molar-refractivity contribution in [2.45, 2.75) is 19.8 Å². The Balaban J connectivity index is 2.96. The first-order valence-corrected chi connectivity index (χ1v) is 3.76. The largest absolute Gasteiger partial charge is 0.279 e. The van der Waals surface area contributed by atoms with Crippen molar-refractivity contribution in [3.63, 3.8) is 0 Å². The molecule has 56 valence electrons. The van der Waals surface area contributed by atoms with E-state index in [1.165, 1.54) is 6.07 Å². The van der Waals surface area contributed by atoms with Gasteiger partial charge in [-0.3, -0.25) is 0 Å². The molecule has 0 aliphatic carbocycles. The average molecular weight is 162 g/mol. The van der Waals surface area contributed by atoms with Gasteiger partial charge < -0.3 is 0 Å². The van der Waals surface area contributed by atoms with Crippen LogP contribution in [-0.4, -0.2) is 0 Å². The van der Waals surface area contributed by atoms with Crippen LogP contribution < -0.4 is 0 Å². The molecule has 0 spiro atoms. The van der Waals surface area contributed by atoms with E-state index in [1.54, 1.807) is 6.07 Å². The summed E-state index contributed by atoms with van der Waals surface area (Å²) in [6.07, 6.45) is 0. The molecule has 0 saturated carbocycles. The van der Waals surface area contributed by atoms with Crippen LogP contribution in [0.1, 0.15) is 16.7 Å². The molecule has 3 heteroatoms. The van der Waals surface area contributed by atoms with Crippen molar-refractivity contribution < 1.29 is 8.78 Å². The van der Waals surface area contributed by atoms with E-state index in [4.69, 9.17) is 0 Å². The first-order valence-electron chi connectivity index (χ1n) is 2.95. The zero-order chi connectivity index (χ0) is 7.78. The summed E-state index contributed by atoms with van der Waals surface area (Å²) < 4.78 is 25.0. The second kappa shape index (κ2) is 2.31. The van der Waals surface area contributed by atoms with E-state index in [1.807, 2.05) is 6.92 Å². The van der Waals surface area contributed by atoms with Gasteiger partial charge in [0.05, 0.1) is 4.88 Å². The number of alkyl halides is 2. The molecule has 1 aromatic heterocycles. The highest BCUT2D eigenvalue weighted by atomic mass is 32.1. The van der Waals surface area contributed by atoms with Gasteiger partial charge in [0.25, 0.3) is 5.92 Å². The quantitative estimate of drug-likeness (QED) is 0.595. The minimum absolute atomic E-state index is 0.144. The second-order valence-corrected chi connectivity index (χ2v) is 3.59. The van der Waals surface area contributed by atoms with Crippen LogP contribution in [0.2, 0.25) is 0 Å². The Hall–Kier alpha value is -0.440. The minimum atomic E-state index is -2.67. The van der Waals surface area contributed by atoms with Gasteiger partial charge in [0.15, 0.2) is 0 Å². The van der Waals surface area contributed by atoms with Crippen LogP contribution in [0.3, 0.4) is 0 Å². The van der Waals surface area contributed by atoms with Gasteiger partial charge in [0, 0.05) is 11.8 Å². The number of aryl methyl sites for hydroxylation is 1. The summed E-state index contributed by atoms with van der Waals surface area (Å²) >= 11 is 1.14. The van der Waals surface area contributed by atoms with Crippen molar-refractivity contribution in [1.82, 2.24) is 0 Å². The van der Waals surface area contributed by atoms with E-state index in [0.29, 0.717) is 0 Å². The molecule has 10 heavy (non-hydrogen) atoms. The molecule has 0 bridgehead atoms. The SMILES string of the molecule is Cc1ccc(C(C)(F)F)s1. The van der Waals surface area contributed by atoms with Gasteiger partial charge in [0.2, 0.25) is 0 Å². The van der Waals surface area contributed by atoms with Crippen molar-refractivity contribution in [3.05, 3.63) is 21.9 Å². The van der Waals surface area contributed by atoms with Crippen LogP contribution in [-0.2, 0) is 5.92 Å². The predicted octanol–water partition coefficient (Wildman–Crippen LogP) is 3.17. The lowest BCUT2D eigenvalue weighted by Gasteiger charge is -2.04. The maximum atomic E-state index is 12.5. The Labute approximate surface area is 62.5 Å². The van der Waals surface area contributed by atoms with Gasteiger partial charge in [0.1, 0.15) is 0 Å². The van der Waals surface area contributed by atoms with Crippen LogP contribution in [0.15, 0.2) is 12.1 Å². The molecule has 1 aromatic rings. The Morgan fingerprint density at radius 3 is 2.20 bits per heavy atom. The third kappa shape index (κ3) is 1.53. The predicted molar refractivity (Wildman–Crippen MR) is 38.6 cm³/mol. The molecule has 0 nitrogen and oxygen atoms in total. The number of hydrogen-bond acceptors (Lipinski definition) is 1. The molecule has 0 aromatic carbocycles. The molecule has 1 heterocycles. The fourth-order valence-electron chi connectivity index (χ4n) is 0.670. The topological polar surface area (TPSA) is 0 Å². The first kappa shape index (κ1) is 7.66. The number of halogens is 2. The zero-order valence-corrected chi connectivity index (χ0v) is 6.64. The van der Waals surface area contributed by atoms with Gasteiger partial charge >= 0.3 is 0 Å². The number of hydrogen-bond donors (Lipinski definition) is 0. The molecule has 0 amide bonds. The van der Waals surface area contributed by atoms with E-state index in [0.717, 1.165) is 23.1 Å². The average Bonchev–Trinajstić information content (AvgIpc) is 2.11. The van der Waals surface area contributed by atoms with E-state index >= 15 is 0 Å². The monoisotopic (exact) mass is 162 g/mol. The van der Waals surface area contributed by atoms with E-state index in [9.17, 15) is 8.78 Å². The molecule has 0 aliphatic rings. The molecule has 0 unspecified atom stereocenters. The molecular formula is C7H8F2S. The van der Waals surface area contributed by atoms with Crippen molar-refractivity contribution in [1.29, 1.82) is 0 Å². The smallest absolute Gasteiger partial charge is 0.201 e. The maximum absolute atomic E-state index is 12.5. The van der Waals surface area contributed by atoms with E-state index in [2.05, 4.69) is 0 Å². The number of thiophene rings is 1. The van der Waals surface area contributed by atoms with Gasteiger partial charge in [-0.1, -0.05) is 0 Å². The van der Waals surface area contributed by atoms with Crippen molar-refractivity contribution in [2.24, 2.45) is 0 Å². The summed E-state index contributed by atoms with van der Waals surface area (Å²) in [6.45, 7) is 2.73. The molecule has 0 radical (unpaired) electrons. The Kier molecular flexibility index (Phi) is 1.77. The maximum Gasteiger partial charge on any atom is 0.279 e. The molecule has 0 N–H and O–H groups in total. The Morgan fingerprint density at radius 2 is 2.00 bits per heavy atom. The summed E-state index contributed by atoms with van der Waals surface area (Å²) in [6, 6.07) is 3.18. The molecule has 0 fully saturated rings. The van der Waals surface area contributed by atoms with E-state index in [-0.39, 0.29) is 4.88 Å². The zero-order valence-electron chi connectivity index (χ0n) is 5.82. The van der Waals surface area contributed by atoms with Crippen molar-refractivity contribution >= 4 is 11.3 Å². The van der Waals surface area contributed by atoms with Gasteiger partial charge in [-0.05, 0) is 19.1 Å². The lowest BCUT2D eigenvalue weighted by Crippen LogP contribution is -2.02. The van der Waals surface area contributed by atoms with Gasteiger partial charge in [-0.15, -0.1) is 11.3 Å². The normalized spacial score (nSPS) is 12.0. The first-order chi connectivity index (χ1) is 4.50. The molecule has 1 rings (SSSR count). The van der Waals surface area contributed by atoms with Crippen molar-refractivity contribution in [3.8, 4) is 0 Å². The Morgan fingerprint density at radius 1 is 1.40 bits per heavy atom. The van der Waals surface area contributed by atoms with Crippen LogP contribution in [0.25, 0.3) is 0 Å². The van der Waals surface area contributed by atoms with Crippen LogP contribution in [0.4, 0.5) is 8.78 Å². The van der Waals surface area contributed by atoms with Crippen LogP contribution in [0.5, 0.6) is 0 Å². The fraction of sp³-hybridized carbons (Fsp3) is 0.429. The van der Waals surface area contributed by atoms with E-state index < -0.39 is 5.92 Å². The summed E-state index contributed by atoms with van der Waals surface area (Å²) in [7, 11) is 0. The highest BCUT2D eigenvalue weighted by Gasteiger charge is 2.25. The van der Waals surface area contributed by atoms with Crippen LogP contribution >= 0.6 is 11.3 Å². The van der Waals surface area contributed by atoms with Crippen molar-refractivity contribution in [2.75, 3.05) is 0 Å². The van der Waals surface area contributed by atoms with Gasteiger partial charge in [-0.25, -0.2) is 8.78 Å². The third-order valence-corrected chi connectivity index (χ3v) is 2.35. The lowest BCUT2D eigenvalue weighted by atomic mass is 10.3. The Bertz CT molecular complexity index is 222. The summed E-state index contributed by atoms with van der Waals surface area (Å²) in [5, 5.41) is 0. The summed E-state index contributed by atoms with van der Waals surface area (Å²) in [4.78, 5) is 1.07. The van der Waals surface area contributed by atoms with Gasteiger partial charge in [-0.2, -0.15) is 0 Å².